The molecule has 0 unspecified atom stereocenters. The fourth-order valence-electron chi connectivity index (χ4n) is 2.23. The number of carbonyl (C=O) groups excluding carboxylic acids is 1. The van der Waals surface area contributed by atoms with E-state index < -0.39 is 0 Å². The summed E-state index contributed by atoms with van der Waals surface area (Å²) in [7, 11) is 0. The Balaban J connectivity index is 2.25. The quantitative estimate of drug-likeness (QED) is 0.690. The summed E-state index contributed by atoms with van der Waals surface area (Å²) in [6.45, 7) is 1.91. The van der Waals surface area contributed by atoms with Crippen LogP contribution in [0.5, 0.6) is 0 Å². The standard InChI is InChI=1S/C16H11ClFN3O/c1-10-2-5-12(17)8-15(10)21-16(14(9-22)19-20-21)11-3-6-13(18)7-4-11/h2-9H,1H3. The van der Waals surface area contributed by atoms with Gasteiger partial charge in [-0.2, -0.15) is 0 Å². The van der Waals surface area contributed by atoms with Gasteiger partial charge in [0.15, 0.2) is 12.0 Å². The highest BCUT2D eigenvalue weighted by Gasteiger charge is 2.17. The van der Waals surface area contributed by atoms with E-state index in [2.05, 4.69) is 10.3 Å². The largest absolute Gasteiger partial charge is 0.296 e. The van der Waals surface area contributed by atoms with Gasteiger partial charge in [-0.15, -0.1) is 5.10 Å². The lowest BCUT2D eigenvalue weighted by Gasteiger charge is -2.10. The van der Waals surface area contributed by atoms with Crippen molar-refractivity contribution >= 4 is 17.9 Å². The molecule has 0 bridgehead atoms. The highest BCUT2D eigenvalue weighted by molar-refractivity contribution is 6.30. The van der Waals surface area contributed by atoms with Gasteiger partial charge in [-0.05, 0) is 48.9 Å². The van der Waals surface area contributed by atoms with Gasteiger partial charge in [0.1, 0.15) is 11.5 Å². The summed E-state index contributed by atoms with van der Waals surface area (Å²) >= 11 is 6.05. The van der Waals surface area contributed by atoms with E-state index in [1.54, 1.807) is 24.3 Å². The Morgan fingerprint density at radius 3 is 2.59 bits per heavy atom. The topological polar surface area (TPSA) is 47.8 Å². The van der Waals surface area contributed by atoms with Gasteiger partial charge < -0.3 is 0 Å². The number of carbonyl (C=O) groups is 1. The summed E-state index contributed by atoms with van der Waals surface area (Å²) < 4.78 is 14.7. The number of aryl methyl sites for hydroxylation is 1. The van der Waals surface area contributed by atoms with Gasteiger partial charge in [-0.1, -0.05) is 22.9 Å². The molecule has 1 aromatic heterocycles. The van der Waals surface area contributed by atoms with E-state index in [4.69, 9.17) is 11.6 Å². The molecule has 4 nitrogen and oxygen atoms in total. The molecule has 0 aliphatic heterocycles. The van der Waals surface area contributed by atoms with Crippen LogP contribution in [-0.4, -0.2) is 21.3 Å². The maximum Gasteiger partial charge on any atom is 0.172 e. The molecule has 1 heterocycles. The first-order chi connectivity index (χ1) is 10.6. The molecule has 2 aromatic carbocycles. The monoisotopic (exact) mass is 315 g/mol. The Kier molecular flexibility index (Phi) is 3.73. The van der Waals surface area contributed by atoms with E-state index in [1.807, 2.05) is 13.0 Å². The Bertz CT molecular complexity index is 843. The molecular weight excluding hydrogens is 305 g/mol. The molecule has 22 heavy (non-hydrogen) atoms. The molecule has 0 radical (unpaired) electrons. The van der Waals surface area contributed by atoms with Gasteiger partial charge in [0.25, 0.3) is 0 Å². The Morgan fingerprint density at radius 1 is 1.18 bits per heavy atom. The minimum atomic E-state index is -0.352. The van der Waals surface area contributed by atoms with Gasteiger partial charge in [0.05, 0.1) is 5.69 Å². The number of nitrogens with zero attached hydrogens (tertiary/aromatic N) is 3. The molecule has 0 N–H and O–H groups in total. The van der Waals surface area contributed by atoms with Gasteiger partial charge in [-0.3, -0.25) is 4.79 Å². The zero-order valence-electron chi connectivity index (χ0n) is 11.6. The van der Waals surface area contributed by atoms with Crippen LogP contribution in [0.25, 0.3) is 16.9 Å². The molecule has 3 rings (SSSR count). The molecule has 0 saturated carbocycles. The predicted octanol–water partition coefficient (Wildman–Crippen LogP) is 3.85. The fourth-order valence-corrected chi connectivity index (χ4v) is 2.40. The lowest BCUT2D eigenvalue weighted by atomic mass is 10.1. The molecule has 0 atom stereocenters. The fraction of sp³-hybridized carbons (Fsp3) is 0.0625. The third-order valence-electron chi connectivity index (χ3n) is 3.32. The van der Waals surface area contributed by atoms with E-state index >= 15 is 0 Å². The first-order valence-corrected chi connectivity index (χ1v) is 6.91. The van der Waals surface area contributed by atoms with Crippen molar-refractivity contribution in [3.05, 3.63) is 64.6 Å². The average Bonchev–Trinajstić information content (AvgIpc) is 2.94. The molecule has 0 saturated heterocycles. The molecule has 0 aliphatic rings. The number of aromatic nitrogens is 3. The minimum Gasteiger partial charge on any atom is -0.296 e. The zero-order valence-corrected chi connectivity index (χ0v) is 12.4. The molecule has 110 valence electrons. The Morgan fingerprint density at radius 2 is 1.91 bits per heavy atom. The summed E-state index contributed by atoms with van der Waals surface area (Å²) in [5, 5.41) is 8.48. The second-order valence-corrected chi connectivity index (χ2v) is 5.23. The first-order valence-electron chi connectivity index (χ1n) is 6.53. The second kappa shape index (κ2) is 5.69. The Labute approximate surface area is 131 Å². The van der Waals surface area contributed by atoms with Gasteiger partial charge in [0.2, 0.25) is 0 Å². The number of aldehydes is 1. The van der Waals surface area contributed by atoms with Crippen LogP contribution in [0, 0.1) is 12.7 Å². The summed E-state index contributed by atoms with van der Waals surface area (Å²) in [4.78, 5) is 11.2. The van der Waals surface area contributed by atoms with Crippen molar-refractivity contribution in [2.24, 2.45) is 0 Å². The number of halogens is 2. The summed E-state index contributed by atoms with van der Waals surface area (Å²) in [6, 6.07) is 11.2. The normalized spacial score (nSPS) is 10.7. The highest BCUT2D eigenvalue weighted by atomic mass is 35.5. The SMILES string of the molecule is Cc1ccc(Cl)cc1-n1nnc(C=O)c1-c1ccc(F)cc1. The van der Waals surface area contributed by atoms with E-state index in [0.29, 0.717) is 28.3 Å². The van der Waals surface area contributed by atoms with Crippen molar-refractivity contribution in [2.75, 3.05) is 0 Å². The van der Waals surface area contributed by atoms with Gasteiger partial charge in [0, 0.05) is 10.6 Å². The van der Waals surface area contributed by atoms with Crippen LogP contribution in [0.4, 0.5) is 4.39 Å². The van der Waals surface area contributed by atoms with Crippen molar-refractivity contribution in [2.45, 2.75) is 6.92 Å². The molecule has 0 amide bonds. The maximum absolute atomic E-state index is 13.1. The summed E-state index contributed by atoms with van der Waals surface area (Å²) in [6.07, 6.45) is 0.627. The number of rotatable bonds is 3. The van der Waals surface area contributed by atoms with E-state index in [9.17, 15) is 9.18 Å². The van der Waals surface area contributed by atoms with Gasteiger partial charge >= 0.3 is 0 Å². The molecule has 3 aromatic rings. The first kappa shape index (κ1) is 14.4. The maximum atomic E-state index is 13.1. The average molecular weight is 316 g/mol. The highest BCUT2D eigenvalue weighted by Crippen LogP contribution is 2.27. The Hall–Kier alpha value is -2.53. The van der Waals surface area contributed by atoms with Crippen LogP contribution in [0.1, 0.15) is 16.1 Å². The predicted molar refractivity (Wildman–Crippen MR) is 81.9 cm³/mol. The van der Waals surface area contributed by atoms with E-state index in [0.717, 1.165) is 5.56 Å². The second-order valence-electron chi connectivity index (χ2n) is 4.79. The van der Waals surface area contributed by atoms with Crippen molar-refractivity contribution in [3.63, 3.8) is 0 Å². The van der Waals surface area contributed by atoms with Crippen LogP contribution in [0.15, 0.2) is 42.5 Å². The van der Waals surface area contributed by atoms with Crippen LogP contribution < -0.4 is 0 Å². The number of benzene rings is 2. The smallest absolute Gasteiger partial charge is 0.172 e. The molecule has 0 spiro atoms. The molecular formula is C16H11ClFN3O. The minimum absolute atomic E-state index is 0.186. The van der Waals surface area contributed by atoms with Gasteiger partial charge in [-0.25, -0.2) is 9.07 Å². The lowest BCUT2D eigenvalue weighted by molar-refractivity contribution is 0.111. The van der Waals surface area contributed by atoms with Crippen LogP contribution in [0.3, 0.4) is 0 Å². The third kappa shape index (κ3) is 2.51. The van der Waals surface area contributed by atoms with Crippen molar-refractivity contribution in [1.29, 1.82) is 0 Å². The molecule has 0 aliphatic carbocycles. The van der Waals surface area contributed by atoms with Crippen LogP contribution in [0.2, 0.25) is 5.02 Å². The summed E-state index contributed by atoms with van der Waals surface area (Å²) in [5.41, 5.74) is 2.97. The zero-order chi connectivity index (χ0) is 15.7. The van der Waals surface area contributed by atoms with E-state index in [-0.39, 0.29) is 11.5 Å². The lowest BCUT2D eigenvalue weighted by Crippen LogP contribution is -2.02. The van der Waals surface area contributed by atoms with Crippen molar-refractivity contribution in [1.82, 2.24) is 15.0 Å². The number of hydrogen-bond donors (Lipinski definition) is 0. The molecule has 6 heteroatoms. The molecule has 0 fully saturated rings. The third-order valence-corrected chi connectivity index (χ3v) is 3.56. The summed E-state index contributed by atoms with van der Waals surface area (Å²) in [5.74, 6) is -0.352. The van der Waals surface area contributed by atoms with Crippen molar-refractivity contribution < 1.29 is 9.18 Å². The van der Waals surface area contributed by atoms with Crippen molar-refractivity contribution in [3.8, 4) is 16.9 Å². The number of hydrogen-bond acceptors (Lipinski definition) is 3. The van der Waals surface area contributed by atoms with E-state index in [1.165, 1.54) is 16.8 Å². The van der Waals surface area contributed by atoms with Crippen LogP contribution in [-0.2, 0) is 0 Å². The van der Waals surface area contributed by atoms with Crippen LogP contribution >= 0.6 is 11.6 Å².